The van der Waals surface area contributed by atoms with Crippen molar-refractivity contribution in [1.82, 2.24) is 20.1 Å². The number of hydrogen-bond donors (Lipinski definition) is 1. The molecule has 2 N–H and O–H groups in total. The number of carbonyl (C=O) groups excluding carboxylic acids is 1. The maximum atomic E-state index is 13.1. The standard InChI is InChI=1S/C24H27N5O5/c1-31-16-4-6-17(7-5-16)34-21-14-26-18(12-19(21)32-2)24(30)29-10-8-15(9-11-29)23-20(33-3)13-22(25)27-28-23/h4-7,12-15H,8-11H2,1-3H3,(H2,25,27). The van der Waals surface area contributed by atoms with Gasteiger partial charge in [0.1, 0.15) is 34.5 Å². The molecule has 0 unspecified atom stereocenters. The number of amides is 1. The van der Waals surface area contributed by atoms with Crippen molar-refractivity contribution in [2.75, 3.05) is 40.2 Å². The van der Waals surface area contributed by atoms with Crippen molar-refractivity contribution in [3.63, 3.8) is 0 Å². The average Bonchev–Trinajstić information content (AvgIpc) is 2.89. The van der Waals surface area contributed by atoms with E-state index in [2.05, 4.69) is 15.2 Å². The minimum atomic E-state index is -0.164. The van der Waals surface area contributed by atoms with Crippen molar-refractivity contribution in [2.45, 2.75) is 18.8 Å². The van der Waals surface area contributed by atoms with Crippen LogP contribution in [0.1, 0.15) is 34.9 Å². The lowest BCUT2D eigenvalue weighted by Gasteiger charge is -2.31. The summed E-state index contributed by atoms with van der Waals surface area (Å²) in [6, 6.07) is 10.4. The summed E-state index contributed by atoms with van der Waals surface area (Å²) in [5.41, 5.74) is 6.77. The molecule has 10 nitrogen and oxygen atoms in total. The smallest absolute Gasteiger partial charge is 0.272 e. The first-order chi connectivity index (χ1) is 16.5. The molecule has 1 aliphatic heterocycles. The summed E-state index contributed by atoms with van der Waals surface area (Å²) in [6.07, 6.45) is 2.96. The quantitative estimate of drug-likeness (QED) is 0.560. The molecule has 10 heteroatoms. The van der Waals surface area contributed by atoms with Gasteiger partial charge < -0.3 is 29.6 Å². The van der Waals surface area contributed by atoms with E-state index >= 15 is 0 Å². The van der Waals surface area contributed by atoms with Crippen LogP contribution < -0.4 is 24.7 Å². The number of ether oxygens (including phenoxy) is 4. The molecule has 3 heterocycles. The Kier molecular flexibility index (Phi) is 6.95. The molecule has 1 saturated heterocycles. The van der Waals surface area contributed by atoms with E-state index in [0.29, 0.717) is 47.6 Å². The molecule has 34 heavy (non-hydrogen) atoms. The molecule has 0 radical (unpaired) electrons. The molecule has 1 aliphatic rings. The number of pyridine rings is 1. The Labute approximate surface area is 197 Å². The Morgan fingerprint density at radius 2 is 1.59 bits per heavy atom. The molecule has 0 saturated carbocycles. The van der Waals surface area contributed by atoms with Gasteiger partial charge in [-0.3, -0.25) is 4.79 Å². The molecule has 0 bridgehead atoms. The SMILES string of the molecule is COc1ccc(Oc2cnc(C(=O)N3CCC(c4nnc(N)cc4OC)CC3)cc2OC)cc1. The highest BCUT2D eigenvalue weighted by Crippen LogP contribution is 2.35. The van der Waals surface area contributed by atoms with Crippen LogP contribution in [0.5, 0.6) is 28.7 Å². The number of carbonyl (C=O) groups is 1. The van der Waals surface area contributed by atoms with Crippen LogP contribution in [-0.4, -0.2) is 60.4 Å². The second kappa shape index (κ2) is 10.2. The Morgan fingerprint density at radius 1 is 0.912 bits per heavy atom. The Morgan fingerprint density at radius 3 is 2.24 bits per heavy atom. The Balaban J connectivity index is 1.43. The highest BCUT2D eigenvalue weighted by atomic mass is 16.5. The number of methoxy groups -OCH3 is 3. The van der Waals surface area contributed by atoms with Gasteiger partial charge in [-0.1, -0.05) is 0 Å². The fourth-order valence-electron chi connectivity index (χ4n) is 3.91. The normalized spacial score (nSPS) is 13.9. The van der Waals surface area contributed by atoms with Crippen molar-refractivity contribution in [3.8, 4) is 28.7 Å². The lowest BCUT2D eigenvalue weighted by atomic mass is 9.92. The van der Waals surface area contributed by atoms with E-state index in [1.165, 1.54) is 13.3 Å². The summed E-state index contributed by atoms with van der Waals surface area (Å²) in [5, 5.41) is 8.18. The first kappa shape index (κ1) is 23.1. The fourth-order valence-corrected chi connectivity index (χ4v) is 3.91. The van der Waals surface area contributed by atoms with Crippen LogP contribution in [0, 0.1) is 0 Å². The highest BCUT2D eigenvalue weighted by Gasteiger charge is 2.28. The number of nitrogens with zero attached hydrogens (tertiary/aromatic N) is 4. The molecule has 1 aromatic carbocycles. The van der Waals surface area contributed by atoms with Gasteiger partial charge in [-0.2, -0.15) is 0 Å². The van der Waals surface area contributed by atoms with Crippen LogP contribution in [0.15, 0.2) is 42.6 Å². The zero-order valence-corrected chi connectivity index (χ0v) is 19.4. The van der Waals surface area contributed by atoms with Gasteiger partial charge in [-0.15, -0.1) is 10.2 Å². The zero-order valence-electron chi connectivity index (χ0n) is 19.4. The third-order valence-electron chi connectivity index (χ3n) is 5.75. The third-order valence-corrected chi connectivity index (χ3v) is 5.75. The average molecular weight is 466 g/mol. The van der Waals surface area contributed by atoms with Gasteiger partial charge >= 0.3 is 0 Å². The van der Waals surface area contributed by atoms with E-state index in [-0.39, 0.29) is 11.8 Å². The largest absolute Gasteiger partial charge is 0.497 e. The van der Waals surface area contributed by atoms with E-state index in [9.17, 15) is 4.79 Å². The Bertz CT molecular complexity index is 1150. The van der Waals surface area contributed by atoms with E-state index < -0.39 is 0 Å². The van der Waals surface area contributed by atoms with E-state index in [4.69, 9.17) is 24.7 Å². The fraction of sp³-hybridized carbons (Fsp3) is 0.333. The van der Waals surface area contributed by atoms with Crippen molar-refractivity contribution in [3.05, 3.63) is 54.0 Å². The molecule has 2 aromatic heterocycles. The highest BCUT2D eigenvalue weighted by molar-refractivity contribution is 5.93. The van der Waals surface area contributed by atoms with Crippen LogP contribution >= 0.6 is 0 Å². The molecule has 4 rings (SSSR count). The lowest BCUT2D eigenvalue weighted by molar-refractivity contribution is 0.0705. The summed E-state index contributed by atoms with van der Waals surface area (Å²) in [6.45, 7) is 1.12. The zero-order chi connectivity index (χ0) is 24.1. The summed E-state index contributed by atoms with van der Waals surface area (Å²) < 4.78 is 21.9. The minimum Gasteiger partial charge on any atom is -0.497 e. The third kappa shape index (κ3) is 4.95. The number of likely N-dealkylation sites (tertiary alicyclic amines) is 1. The van der Waals surface area contributed by atoms with E-state index in [1.807, 2.05) is 0 Å². The lowest BCUT2D eigenvalue weighted by Crippen LogP contribution is -2.38. The van der Waals surface area contributed by atoms with Crippen molar-refractivity contribution < 1.29 is 23.7 Å². The van der Waals surface area contributed by atoms with Crippen LogP contribution in [-0.2, 0) is 0 Å². The molecule has 3 aromatic rings. The van der Waals surface area contributed by atoms with Gasteiger partial charge in [0, 0.05) is 31.1 Å². The number of hydrogen-bond acceptors (Lipinski definition) is 9. The van der Waals surface area contributed by atoms with Gasteiger partial charge in [0.2, 0.25) is 0 Å². The molecular weight excluding hydrogens is 438 g/mol. The van der Waals surface area contributed by atoms with Gasteiger partial charge in [-0.05, 0) is 37.1 Å². The number of piperidine rings is 1. The van der Waals surface area contributed by atoms with Crippen LogP contribution in [0.3, 0.4) is 0 Å². The number of nitrogens with two attached hydrogens (primary N) is 1. The van der Waals surface area contributed by atoms with Gasteiger partial charge in [0.05, 0.1) is 27.5 Å². The first-order valence-electron chi connectivity index (χ1n) is 10.8. The molecule has 178 valence electrons. The van der Waals surface area contributed by atoms with Crippen molar-refractivity contribution in [2.24, 2.45) is 0 Å². The summed E-state index contributed by atoms with van der Waals surface area (Å²) in [4.78, 5) is 19.2. The van der Waals surface area contributed by atoms with E-state index in [1.54, 1.807) is 55.5 Å². The summed E-state index contributed by atoms with van der Waals surface area (Å²) >= 11 is 0. The second-order valence-corrected chi connectivity index (χ2v) is 7.79. The number of anilines is 1. The molecule has 0 spiro atoms. The van der Waals surface area contributed by atoms with Crippen molar-refractivity contribution >= 4 is 11.7 Å². The van der Waals surface area contributed by atoms with Gasteiger partial charge in [0.25, 0.3) is 5.91 Å². The number of aromatic nitrogens is 3. The molecule has 1 fully saturated rings. The topological polar surface area (TPSA) is 122 Å². The molecule has 0 aliphatic carbocycles. The predicted octanol–water partition coefficient (Wildman–Crippen LogP) is 3.29. The predicted molar refractivity (Wildman–Crippen MR) is 125 cm³/mol. The van der Waals surface area contributed by atoms with Crippen molar-refractivity contribution in [1.29, 1.82) is 0 Å². The van der Waals surface area contributed by atoms with Crippen LogP contribution in [0.25, 0.3) is 0 Å². The minimum absolute atomic E-state index is 0.134. The number of benzene rings is 1. The van der Waals surface area contributed by atoms with E-state index in [0.717, 1.165) is 24.3 Å². The second-order valence-electron chi connectivity index (χ2n) is 7.79. The van der Waals surface area contributed by atoms with Gasteiger partial charge in [0.15, 0.2) is 11.5 Å². The van der Waals surface area contributed by atoms with Crippen LogP contribution in [0.4, 0.5) is 5.82 Å². The monoisotopic (exact) mass is 465 g/mol. The van der Waals surface area contributed by atoms with Crippen LogP contribution in [0.2, 0.25) is 0 Å². The van der Waals surface area contributed by atoms with Gasteiger partial charge in [-0.25, -0.2) is 4.98 Å². The number of rotatable bonds is 7. The number of nitrogen functional groups attached to an aromatic ring is 1. The molecular formula is C24H27N5O5. The molecule has 0 atom stereocenters. The maximum absolute atomic E-state index is 13.1. The first-order valence-corrected chi connectivity index (χ1v) is 10.8. The summed E-state index contributed by atoms with van der Waals surface area (Å²) in [5.74, 6) is 3.07. The Hall–Kier alpha value is -4.08. The molecule has 1 amide bonds. The summed E-state index contributed by atoms with van der Waals surface area (Å²) in [7, 11) is 4.71. The maximum Gasteiger partial charge on any atom is 0.272 e.